The Morgan fingerprint density at radius 1 is 1.19 bits per heavy atom. The maximum Gasteiger partial charge on any atom is 0.0945 e. The number of hydrogen-bond acceptors (Lipinski definition) is 3. The lowest BCUT2D eigenvalue weighted by Crippen LogP contribution is -2.48. The van der Waals surface area contributed by atoms with Crippen LogP contribution in [0.25, 0.3) is 0 Å². The monoisotopic (exact) mass is 290 g/mol. The molecule has 2 unspecified atom stereocenters. The van der Waals surface area contributed by atoms with E-state index >= 15 is 0 Å². The van der Waals surface area contributed by atoms with Gasteiger partial charge in [0.1, 0.15) is 0 Å². The van der Waals surface area contributed by atoms with Gasteiger partial charge in [-0.3, -0.25) is 4.90 Å². The van der Waals surface area contributed by atoms with Gasteiger partial charge in [-0.2, -0.15) is 0 Å². The van der Waals surface area contributed by atoms with E-state index in [2.05, 4.69) is 30.7 Å². The van der Waals surface area contributed by atoms with E-state index in [1.807, 2.05) is 30.3 Å². The average molecular weight is 290 g/mol. The number of aliphatic hydroxyl groups excluding tert-OH is 1. The summed E-state index contributed by atoms with van der Waals surface area (Å²) in [6.07, 6.45) is 3.00. The van der Waals surface area contributed by atoms with Crippen molar-refractivity contribution in [2.75, 3.05) is 26.7 Å². The van der Waals surface area contributed by atoms with E-state index < -0.39 is 6.10 Å². The zero-order valence-electron chi connectivity index (χ0n) is 13.7. The Hall–Kier alpha value is -0.900. The molecule has 0 bridgehead atoms. The molecule has 1 aliphatic heterocycles. The minimum Gasteiger partial charge on any atom is -0.387 e. The van der Waals surface area contributed by atoms with Gasteiger partial charge in [-0.15, -0.1) is 0 Å². The molecule has 0 radical (unpaired) electrons. The lowest BCUT2D eigenvalue weighted by Gasteiger charge is -2.41. The van der Waals surface area contributed by atoms with E-state index in [9.17, 15) is 5.11 Å². The Morgan fingerprint density at radius 3 is 2.33 bits per heavy atom. The van der Waals surface area contributed by atoms with Gasteiger partial charge in [0.2, 0.25) is 0 Å². The minimum absolute atomic E-state index is 0.200. The third kappa shape index (κ3) is 4.06. The van der Waals surface area contributed by atoms with Crippen LogP contribution in [0.15, 0.2) is 30.3 Å². The fourth-order valence-electron chi connectivity index (χ4n) is 3.52. The van der Waals surface area contributed by atoms with Gasteiger partial charge in [0.05, 0.1) is 6.10 Å². The van der Waals surface area contributed by atoms with Crippen LogP contribution < -0.4 is 0 Å². The lowest BCUT2D eigenvalue weighted by atomic mass is 9.95. The molecule has 3 heteroatoms. The normalized spacial score (nSPS) is 20.6. The molecule has 0 aliphatic carbocycles. The van der Waals surface area contributed by atoms with Crippen molar-refractivity contribution in [3.05, 3.63) is 35.9 Å². The van der Waals surface area contributed by atoms with Gasteiger partial charge in [0.15, 0.2) is 0 Å². The molecule has 1 aliphatic rings. The van der Waals surface area contributed by atoms with Crippen molar-refractivity contribution in [2.24, 2.45) is 0 Å². The number of rotatable bonds is 6. The van der Waals surface area contributed by atoms with Crippen LogP contribution in [0.3, 0.4) is 0 Å². The van der Waals surface area contributed by atoms with Crippen LogP contribution in [0.2, 0.25) is 0 Å². The summed E-state index contributed by atoms with van der Waals surface area (Å²) in [5.74, 6) is 0. The number of likely N-dealkylation sites (tertiary alicyclic amines) is 1. The first-order valence-electron chi connectivity index (χ1n) is 8.34. The van der Waals surface area contributed by atoms with Gasteiger partial charge in [0, 0.05) is 12.1 Å². The van der Waals surface area contributed by atoms with Gasteiger partial charge < -0.3 is 10.0 Å². The molecule has 1 fully saturated rings. The van der Waals surface area contributed by atoms with E-state index in [1.165, 1.54) is 25.9 Å². The quantitative estimate of drug-likeness (QED) is 0.872. The van der Waals surface area contributed by atoms with E-state index in [0.717, 1.165) is 18.5 Å². The van der Waals surface area contributed by atoms with Crippen molar-refractivity contribution in [3.8, 4) is 0 Å². The molecule has 0 spiro atoms. The summed E-state index contributed by atoms with van der Waals surface area (Å²) < 4.78 is 0. The zero-order chi connectivity index (χ0) is 15.2. The predicted molar refractivity (Wildman–Crippen MR) is 88.4 cm³/mol. The number of hydrogen-bond donors (Lipinski definition) is 1. The Labute approximate surface area is 129 Å². The van der Waals surface area contributed by atoms with E-state index in [0.29, 0.717) is 6.04 Å². The molecule has 0 amide bonds. The van der Waals surface area contributed by atoms with Gasteiger partial charge in [-0.1, -0.05) is 44.2 Å². The highest BCUT2D eigenvalue weighted by atomic mass is 16.3. The summed E-state index contributed by atoms with van der Waals surface area (Å²) in [6, 6.07) is 10.9. The van der Waals surface area contributed by atoms with Crippen LogP contribution in [0.4, 0.5) is 0 Å². The molecule has 1 saturated heterocycles. The number of likely N-dealkylation sites (N-methyl/N-ethyl adjacent to an activating group) is 1. The highest BCUT2D eigenvalue weighted by Crippen LogP contribution is 2.27. The molecule has 1 aromatic rings. The molecular formula is C18H30N2O. The van der Waals surface area contributed by atoms with E-state index in [1.54, 1.807) is 0 Å². The van der Waals surface area contributed by atoms with E-state index in [-0.39, 0.29) is 6.04 Å². The summed E-state index contributed by atoms with van der Waals surface area (Å²) in [6.45, 7) is 7.93. The maximum atomic E-state index is 10.7. The first-order valence-corrected chi connectivity index (χ1v) is 8.34. The van der Waals surface area contributed by atoms with Crippen LogP contribution >= 0.6 is 0 Å². The number of aliphatic hydroxyl groups is 1. The Kier molecular flexibility index (Phi) is 6.22. The van der Waals surface area contributed by atoms with E-state index in [4.69, 9.17) is 0 Å². The van der Waals surface area contributed by atoms with Gasteiger partial charge >= 0.3 is 0 Å². The fourth-order valence-corrected chi connectivity index (χ4v) is 3.52. The molecule has 1 heterocycles. The largest absolute Gasteiger partial charge is 0.387 e. The minimum atomic E-state index is -0.398. The second-order valence-corrected chi connectivity index (χ2v) is 6.16. The summed E-state index contributed by atoms with van der Waals surface area (Å²) >= 11 is 0. The Bertz CT molecular complexity index is 401. The maximum absolute atomic E-state index is 10.7. The third-order valence-electron chi connectivity index (χ3n) is 5.03. The van der Waals surface area contributed by atoms with Crippen molar-refractivity contribution in [3.63, 3.8) is 0 Å². The molecule has 0 aromatic heterocycles. The molecule has 2 rings (SSSR count). The number of nitrogens with zero attached hydrogens (tertiary/aromatic N) is 2. The fraction of sp³-hybridized carbons (Fsp3) is 0.667. The topological polar surface area (TPSA) is 26.7 Å². The molecule has 0 saturated carbocycles. The average Bonchev–Trinajstić information content (AvgIpc) is 2.56. The first kappa shape index (κ1) is 16.5. The molecular weight excluding hydrogens is 260 g/mol. The van der Waals surface area contributed by atoms with Crippen LogP contribution in [0.5, 0.6) is 0 Å². The molecule has 1 N–H and O–H groups in total. The van der Waals surface area contributed by atoms with Crippen LogP contribution in [0, 0.1) is 0 Å². The second kappa shape index (κ2) is 7.92. The Morgan fingerprint density at radius 2 is 1.81 bits per heavy atom. The smallest absolute Gasteiger partial charge is 0.0945 e. The number of piperidine rings is 1. The molecule has 21 heavy (non-hydrogen) atoms. The van der Waals surface area contributed by atoms with Crippen LogP contribution in [0.1, 0.15) is 44.8 Å². The van der Waals surface area contributed by atoms with Crippen LogP contribution in [-0.4, -0.2) is 53.7 Å². The number of benzene rings is 1. The summed E-state index contributed by atoms with van der Waals surface area (Å²) in [5, 5.41) is 10.7. The van der Waals surface area contributed by atoms with Crippen molar-refractivity contribution < 1.29 is 5.11 Å². The summed E-state index contributed by atoms with van der Waals surface area (Å²) in [7, 11) is 2.19. The molecule has 3 nitrogen and oxygen atoms in total. The zero-order valence-corrected chi connectivity index (χ0v) is 13.7. The summed E-state index contributed by atoms with van der Waals surface area (Å²) in [5.41, 5.74) is 1.03. The SMILES string of the molecule is CCC(C(O)c1ccccc1)N(C)C1CCN(CC)CC1. The van der Waals surface area contributed by atoms with Crippen molar-refractivity contribution in [2.45, 2.75) is 51.3 Å². The van der Waals surface area contributed by atoms with Gasteiger partial charge in [0.25, 0.3) is 0 Å². The first-order chi connectivity index (χ1) is 10.2. The lowest BCUT2D eigenvalue weighted by molar-refractivity contribution is 0.0181. The highest BCUT2D eigenvalue weighted by molar-refractivity contribution is 5.19. The highest BCUT2D eigenvalue weighted by Gasteiger charge is 2.30. The standard InChI is InChI=1S/C18H30N2O/c1-4-17(18(21)15-9-7-6-8-10-15)19(3)16-11-13-20(5-2)14-12-16/h6-10,16-18,21H,4-5,11-14H2,1-3H3. The van der Waals surface area contributed by atoms with Crippen molar-refractivity contribution in [1.82, 2.24) is 9.80 Å². The molecule has 118 valence electrons. The molecule has 1 aromatic carbocycles. The van der Waals surface area contributed by atoms with Crippen LogP contribution in [-0.2, 0) is 0 Å². The second-order valence-electron chi connectivity index (χ2n) is 6.16. The summed E-state index contributed by atoms with van der Waals surface area (Å²) in [4.78, 5) is 4.93. The predicted octanol–water partition coefficient (Wildman–Crippen LogP) is 2.91. The van der Waals surface area contributed by atoms with Gasteiger partial charge in [-0.25, -0.2) is 0 Å². The molecule has 2 atom stereocenters. The van der Waals surface area contributed by atoms with Crippen molar-refractivity contribution >= 4 is 0 Å². The third-order valence-corrected chi connectivity index (χ3v) is 5.03. The Balaban J connectivity index is 2.00. The van der Waals surface area contributed by atoms with Crippen molar-refractivity contribution in [1.29, 1.82) is 0 Å². The van der Waals surface area contributed by atoms with Gasteiger partial charge in [-0.05, 0) is 51.5 Å².